The average Bonchev–Trinajstić information content (AvgIpc) is 3.37. The fourth-order valence-electron chi connectivity index (χ4n) is 8.12. The molecular formula is C65H110O6. The summed E-state index contributed by atoms with van der Waals surface area (Å²) in [6.45, 7) is 6.49. The van der Waals surface area contributed by atoms with Crippen LogP contribution < -0.4 is 0 Å². The lowest BCUT2D eigenvalue weighted by Gasteiger charge is -2.18. The molecule has 0 saturated carbocycles. The summed E-state index contributed by atoms with van der Waals surface area (Å²) in [6.07, 6.45) is 78.3. The Morgan fingerprint density at radius 3 is 0.901 bits per heavy atom. The maximum Gasteiger partial charge on any atom is 0.306 e. The number of esters is 3. The monoisotopic (exact) mass is 987 g/mol. The number of unbranched alkanes of at least 4 members (excludes halogenated alkanes) is 26. The molecule has 0 bridgehead atoms. The van der Waals surface area contributed by atoms with E-state index in [1.807, 2.05) is 0 Å². The molecule has 6 nitrogen and oxygen atoms in total. The Kier molecular flexibility index (Phi) is 55.9. The summed E-state index contributed by atoms with van der Waals surface area (Å²) in [6, 6.07) is 0. The second kappa shape index (κ2) is 58.9. The summed E-state index contributed by atoms with van der Waals surface area (Å²) in [5.74, 6) is -0.899. The van der Waals surface area contributed by atoms with Gasteiger partial charge in [0, 0.05) is 19.3 Å². The van der Waals surface area contributed by atoms with Crippen LogP contribution in [0.2, 0.25) is 0 Å². The van der Waals surface area contributed by atoms with Crippen molar-refractivity contribution >= 4 is 17.9 Å². The molecule has 0 saturated heterocycles. The number of allylic oxidation sites excluding steroid dienone is 16. The van der Waals surface area contributed by atoms with Crippen LogP contribution in [0, 0.1) is 0 Å². The van der Waals surface area contributed by atoms with E-state index in [1.165, 1.54) is 116 Å². The molecule has 0 spiro atoms. The Labute approximate surface area is 438 Å². The van der Waals surface area contributed by atoms with Gasteiger partial charge in [0.25, 0.3) is 0 Å². The number of carbonyl (C=O) groups excluding carboxylic acids is 3. The summed E-state index contributed by atoms with van der Waals surface area (Å²) in [4.78, 5) is 38.1. The summed E-state index contributed by atoms with van der Waals surface area (Å²) in [7, 11) is 0. The minimum Gasteiger partial charge on any atom is -0.462 e. The van der Waals surface area contributed by atoms with E-state index in [4.69, 9.17) is 14.2 Å². The summed E-state index contributed by atoms with van der Waals surface area (Å²) in [5.41, 5.74) is 0. The first-order chi connectivity index (χ1) is 35.0. The van der Waals surface area contributed by atoms with Crippen LogP contribution >= 0.6 is 0 Å². The molecule has 406 valence electrons. The predicted molar refractivity (Wildman–Crippen MR) is 307 cm³/mol. The lowest BCUT2D eigenvalue weighted by Crippen LogP contribution is -2.30. The van der Waals surface area contributed by atoms with Crippen LogP contribution in [0.15, 0.2) is 97.2 Å². The number of ether oxygens (including phenoxy) is 3. The van der Waals surface area contributed by atoms with Crippen molar-refractivity contribution < 1.29 is 28.6 Å². The molecule has 6 heteroatoms. The number of hydrogen-bond acceptors (Lipinski definition) is 6. The van der Waals surface area contributed by atoms with Crippen molar-refractivity contribution in [1.82, 2.24) is 0 Å². The third kappa shape index (κ3) is 57.1. The van der Waals surface area contributed by atoms with Crippen molar-refractivity contribution in [3.05, 3.63) is 97.2 Å². The van der Waals surface area contributed by atoms with Crippen molar-refractivity contribution in [2.45, 2.75) is 284 Å². The van der Waals surface area contributed by atoms with Gasteiger partial charge in [-0.2, -0.15) is 0 Å². The zero-order chi connectivity index (χ0) is 51.4. The molecule has 0 radical (unpaired) electrons. The van der Waals surface area contributed by atoms with Crippen LogP contribution in [0.1, 0.15) is 278 Å². The fourth-order valence-corrected chi connectivity index (χ4v) is 8.12. The molecule has 0 aliphatic carbocycles. The molecule has 1 atom stereocenters. The Morgan fingerprint density at radius 2 is 0.549 bits per heavy atom. The molecule has 0 aromatic heterocycles. The minimum atomic E-state index is -0.784. The molecule has 0 amide bonds. The van der Waals surface area contributed by atoms with Crippen LogP contribution in [-0.2, 0) is 28.6 Å². The topological polar surface area (TPSA) is 78.9 Å². The summed E-state index contributed by atoms with van der Waals surface area (Å²) in [5, 5.41) is 0. The maximum atomic E-state index is 12.8. The molecule has 1 unspecified atom stereocenters. The van der Waals surface area contributed by atoms with Crippen LogP contribution in [0.3, 0.4) is 0 Å². The van der Waals surface area contributed by atoms with Crippen LogP contribution in [0.25, 0.3) is 0 Å². The first kappa shape index (κ1) is 67.3. The van der Waals surface area contributed by atoms with Crippen molar-refractivity contribution in [3.63, 3.8) is 0 Å². The molecule has 0 N–H and O–H groups in total. The van der Waals surface area contributed by atoms with E-state index in [-0.39, 0.29) is 31.1 Å². The highest BCUT2D eigenvalue weighted by atomic mass is 16.6. The van der Waals surface area contributed by atoms with E-state index in [1.54, 1.807) is 0 Å². The van der Waals surface area contributed by atoms with Gasteiger partial charge < -0.3 is 14.2 Å². The second-order valence-corrected chi connectivity index (χ2v) is 19.5. The molecule has 0 aliphatic rings. The van der Waals surface area contributed by atoms with Crippen molar-refractivity contribution in [3.8, 4) is 0 Å². The Hall–Kier alpha value is -3.67. The van der Waals surface area contributed by atoms with Gasteiger partial charge in [0.1, 0.15) is 13.2 Å². The zero-order valence-corrected chi connectivity index (χ0v) is 46.5. The highest BCUT2D eigenvalue weighted by Gasteiger charge is 2.19. The lowest BCUT2D eigenvalue weighted by atomic mass is 10.0. The summed E-state index contributed by atoms with van der Waals surface area (Å²) < 4.78 is 16.8. The van der Waals surface area contributed by atoms with E-state index in [9.17, 15) is 14.4 Å². The van der Waals surface area contributed by atoms with Gasteiger partial charge in [-0.15, -0.1) is 0 Å². The van der Waals surface area contributed by atoms with Gasteiger partial charge in [-0.05, 0) is 103 Å². The van der Waals surface area contributed by atoms with Gasteiger partial charge in [-0.1, -0.05) is 253 Å². The first-order valence-electron chi connectivity index (χ1n) is 29.7. The molecule has 0 fully saturated rings. The third-order valence-electron chi connectivity index (χ3n) is 12.6. The lowest BCUT2D eigenvalue weighted by molar-refractivity contribution is -0.167. The van der Waals surface area contributed by atoms with Gasteiger partial charge in [0.15, 0.2) is 6.10 Å². The van der Waals surface area contributed by atoms with Crippen LogP contribution in [0.5, 0.6) is 0 Å². The minimum absolute atomic E-state index is 0.0820. The van der Waals surface area contributed by atoms with E-state index < -0.39 is 6.10 Å². The molecular weight excluding hydrogens is 877 g/mol. The summed E-state index contributed by atoms with van der Waals surface area (Å²) >= 11 is 0. The predicted octanol–water partition coefficient (Wildman–Crippen LogP) is 20.1. The maximum absolute atomic E-state index is 12.8. The van der Waals surface area contributed by atoms with Crippen LogP contribution in [-0.4, -0.2) is 37.2 Å². The van der Waals surface area contributed by atoms with E-state index in [2.05, 4.69) is 118 Å². The number of carbonyl (C=O) groups is 3. The van der Waals surface area contributed by atoms with Crippen molar-refractivity contribution in [2.75, 3.05) is 13.2 Å². The third-order valence-corrected chi connectivity index (χ3v) is 12.6. The standard InChI is InChI=1S/C65H110O6/c1-4-7-10-13-16-19-22-25-26-27-28-29-30-31-32-33-34-35-36-37-38-39-40-41-44-46-49-52-55-58-64(67)70-61-62(71-65(68)59-56-53-50-47-43-24-21-18-15-12-9-6-3)60-69-63(66)57-54-51-48-45-42-23-20-17-14-11-8-5-2/h7,10,16,18-19,21,25-26,28-29,31-32,34-35,37-38,62H,4-6,8-9,11-15,17,20,22-24,27,30,33,36,39-61H2,1-3H3/b10-7-,19-16-,21-18-,26-25-,29-28-,32-31-,35-34-,38-37-. The Balaban J connectivity index is 4.26. The van der Waals surface area contributed by atoms with Gasteiger partial charge in [-0.25, -0.2) is 0 Å². The van der Waals surface area contributed by atoms with Gasteiger partial charge in [-0.3, -0.25) is 14.4 Å². The second-order valence-electron chi connectivity index (χ2n) is 19.5. The largest absolute Gasteiger partial charge is 0.462 e. The van der Waals surface area contributed by atoms with E-state index in [0.29, 0.717) is 19.3 Å². The number of rotatable bonds is 53. The molecule has 0 aromatic carbocycles. The Bertz CT molecular complexity index is 1410. The van der Waals surface area contributed by atoms with E-state index >= 15 is 0 Å². The molecule has 71 heavy (non-hydrogen) atoms. The normalized spacial score (nSPS) is 12.8. The highest BCUT2D eigenvalue weighted by molar-refractivity contribution is 5.71. The smallest absolute Gasteiger partial charge is 0.306 e. The quantitative estimate of drug-likeness (QED) is 0.0261. The average molecular weight is 988 g/mol. The first-order valence-corrected chi connectivity index (χ1v) is 29.7. The van der Waals surface area contributed by atoms with Crippen LogP contribution in [0.4, 0.5) is 0 Å². The molecule has 0 rings (SSSR count). The zero-order valence-electron chi connectivity index (χ0n) is 46.5. The van der Waals surface area contributed by atoms with Crippen molar-refractivity contribution in [1.29, 1.82) is 0 Å². The molecule has 0 aliphatic heterocycles. The van der Waals surface area contributed by atoms with E-state index in [0.717, 1.165) is 122 Å². The number of hydrogen-bond donors (Lipinski definition) is 0. The molecule has 0 heterocycles. The molecule has 0 aromatic rings. The highest BCUT2D eigenvalue weighted by Crippen LogP contribution is 2.15. The Morgan fingerprint density at radius 1 is 0.296 bits per heavy atom. The van der Waals surface area contributed by atoms with Gasteiger partial charge in [0.05, 0.1) is 0 Å². The fraction of sp³-hybridized carbons (Fsp3) is 0.708. The SMILES string of the molecule is CC/C=C\C/C=C\C/C=C\C/C=C\C/C=C\C/C=C\C/C=C\CCCCCCCCCC(=O)OCC(COC(=O)CCCCCCCCCCCCCC)OC(=O)CCCCCCC/C=C\CCCCC. The van der Waals surface area contributed by atoms with Gasteiger partial charge >= 0.3 is 17.9 Å². The van der Waals surface area contributed by atoms with Gasteiger partial charge in [0.2, 0.25) is 0 Å². The van der Waals surface area contributed by atoms with Crippen molar-refractivity contribution in [2.24, 2.45) is 0 Å².